The SMILES string of the molecule is COc1cncc(-c2cc3cc[nH]c(=O)c3c(Nc3ccccc3)n2)n1. The molecule has 4 rings (SSSR count). The average molecular weight is 345 g/mol. The Morgan fingerprint density at radius 2 is 1.88 bits per heavy atom. The Labute approximate surface area is 148 Å². The number of fused-ring (bicyclic) bond motifs is 1. The maximum atomic E-state index is 12.4. The quantitative estimate of drug-likeness (QED) is 0.590. The van der Waals surface area contributed by atoms with E-state index in [1.807, 2.05) is 42.5 Å². The van der Waals surface area contributed by atoms with E-state index in [9.17, 15) is 4.79 Å². The third-order valence-corrected chi connectivity index (χ3v) is 3.87. The fraction of sp³-hybridized carbons (Fsp3) is 0.0526. The summed E-state index contributed by atoms with van der Waals surface area (Å²) in [5.74, 6) is 0.850. The van der Waals surface area contributed by atoms with E-state index in [-0.39, 0.29) is 5.56 Å². The van der Waals surface area contributed by atoms with E-state index in [1.165, 1.54) is 13.3 Å². The van der Waals surface area contributed by atoms with Crippen molar-refractivity contribution in [3.8, 4) is 17.3 Å². The number of anilines is 2. The Kier molecular flexibility index (Phi) is 4.03. The standard InChI is InChI=1S/C19H15N5O2/c1-26-16-11-20-10-15(23-16)14-9-12-7-8-21-19(25)17(12)18(24-14)22-13-5-3-2-4-6-13/h2-11H,1H3,(H,21,25)(H,22,24). The number of aromatic amines is 1. The number of ether oxygens (including phenoxy) is 1. The van der Waals surface area contributed by atoms with Crippen molar-refractivity contribution in [1.82, 2.24) is 19.9 Å². The minimum atomic E-state index is -0.211. The van der Waals surface area contributed by atoms with Crippen molar-refractivity contribution in [2.75, 3.05) is 12.4 Å². The number of nitrogens with zero attached hydrogens (tertiary/aromatic N) is 3. The number of hydrogen-bond donors (Lipinski definition) is 2. The number of pyridine rings is 2. The molecule has 0 spiro atoms. The highest BCUT2D eigenvalue weighted by Gasteiger charge is 2.13. The van der Waals surface area contributed by atoms with E-state index < -0.39 is 0 Å². The van der Waals surface area contributed by atoms with Gasteiger partial charge in [0.15, 0.2) is 0 Å². The van der Waals surface area contributed by atoms with Gasteiger partial charge < -0.3 is 15.0 Å². The molecule has 0 atom stereocenters. The van der Waals surface area contributed by atoms with Gasteiger partial charge in [0.25, 0.3) is 5.56 Å². The molecule has 0 amide bonds. The summed E-state index contributed by atoms with van der Waals surface area (Å²) in [6, 6.07) is 13.2. The lowest BCUT2D eigenvalue weighted by atomic mass is 10.1. The van der Waals surface area contributed by atoms with Gasteiger partial charge in [-0.3, -0.25) is 9.78 Å². The summed E-state index contributed by atoms with van der Waals surface area (Å²) in [6.45, 7) is 0. The molecule has 0 aliphatic heterocycles. The van der Waals surface area contributed by atoms with Crippen LogP contribution in [0.1, 0.15) is 0 Å². The van der Waals surface area contributed by atoms with Gasteiger partial charge in [-0.15, -0.1) is 0 Å². The molecule has 0 unspecified atom stereocenters. The first-order valence-corrected chi connectivity index (χ1v) is 7.95. The molecule has 7 nitrogen and oxygen atoms in total. The highest BCUT2D eigenvalue weighted by atomic mass is 16.5. The van der Waals surface area contributed by atoms with E-state index in [4.69, 9.17) is 4.74 Å². The first-order valence-electron chi connectivity index (χ1n) is 7.95. The molecule has 0 bridgehead atoms. The van der Waals surface area contributed by atoms with Crippen molar-refractivity contribution in [3.05, 3.63) is 71.4 Å². The van der Waals surface area contributed by atoms with Gasteiger partial charge in [0.2, 0.25) is 5.88 Å². The fourth-order valence-corrected chi connectivity index (χ4v) is 2.66. The Balaban J connectivity index is 1.91. The number of methoxy groups -OCH3 is 1. The second-order valence-corrected chi connectivity index (χ2v) is 5.56. The van der Waals surface area contributed by atoms with Crippen LogP contribution in [0.2, 0.25) is 0 Å². The molecule has 0 aliphatic rings. The summed E-state index contributed by atoms with van der Waals surface area (Å²) < 4.78 is 5.14. The van der Waals surface area contributed by atoms with Gasteiger partial charge in [-0.1, -0.05) is 18.2 Å². The number of H-pyrrole nitrogens is 1. The summed E-state index contributed by atoms with van der Waals surface area (Å²) in [5.41, 5.74) is 1.77. The Morgan fingerprint density at radius 3 is 2.69 bits per heavy atom. The van der Waals surface area contributed by atoms with Gasteiger partial charge in [-0.05, 0) is 29.7 Å². The third kappa shape index (κ3) is 2.98. The van der Waals surface area contributed by atoms with Crippen molar-refractivity contribution < 1.29 is 4.74 Å². The average Bonchev–Trinajstić information content (AvgIpc) is 2.68. The van der Waals surface area contributed by atoms with Gasteiger partial charge >= 0.3 is 0 Å². The molecule has 0 fully saturated rings. The molecule has 4 aromatic rings. The molecular weight excluding hydrogens is 330 g/mol. The van der Waals surface area contributed by atoms with E-state index in [1.54, 1.807) is 12.4 Å². The Hall–Kier alpha value is -3.74. The minimum Gasteiger partial charge on any atom is -0.480 e. The summed E-state index contributed by atoms with van der Waals surface area (Å²) in [7, 11) is 1.53. The molecule has 0 saturated heterocycles. The maximum absolute atomic E-state index is 12.4. The molecule has 128 valence electrons. The van der Waals surface area contributed by atoms with E-state index in [0.29, 0.717) is 28.5 Å². The number of para-hydroxylation sites is 1. The molecule has 0 saturated carbocycles. The van der Waals surface area contributed by atoms with E-state index in [0.717, 1.165) is 11.1 Å². The van der Waals surface area contributed by atoms with Crippen LogP contribution in [0, 0.1) is 0 Å². The zero-order valence-electron chi connectivity index (χ0n) is 13.9. The summed E-state index contributed by atoms with van der Waals surface area (Å²) in [4.78, 5) is 28.2. The number of rotatable bonds is 4. The van der Waals surface area contributed by atoms with Crippen molar-refractivity contribution in [2.24, 2.45) is 0 Å². The Morgan fingerprint density at radius 1 is 1.04 bits per heavy atom. The maximum Gasteiger partial charge on any atom is 0.259 e. The second-order valence-electron chi connectivity index (χ2n) is 5.56. The zero-order valence-corrected chi connectivity index (χ0v) is 13.9. The fourth-order valence-electron chi connectivity index (χ4n) is 2.66. The van der Waals surface area contributed by atoms with Gasteiger partial charge in [0.05, 0.1) is 30.6 Å². The number of benzene rings is 1. The third-order valence-electron chi connectivity index (χ3n) is 3.87. The van der Waals surface area contributed by atoms with Gasteiger partial charge in [0.1, 0.15) is 11.5 Å². The smallest absolute Gasteiger partial charge is 0.259 e. The monoisotopic (exact) mass is 345 g/mol. The van der Waals surface area contributed by atoms with Crippen molar-refractivity contribution in [2.45, 2.75) is 0 Å². The van der Waals surface area contributed by atoms with Crippen LogP contribution in [0.25, 0.3) is 22.2 Å². The van der Waals surface area contributed by atoms with Gasteiger partial charge in [-0.2, -0.15) is 0 Å². The predicted molar refractivity (Wildman–Crippen MR) is 99.7 cm³/mol. The van der Waals surface area contributed by atoms with Crippen LogP contribution in [0.4, 0.5) is 11.5 Å². The Bertz CT molecular complexity index is 1130. The van der Waals surface area contributed by atoms with E-state index in [2.05, 4.69) is 25.3 Å². The molecule has 2 N–H and O–H groups in total. The van der Waals surface area contributed by atoms with Crippen molar-refractivity contribution in [1.29, 1.82) is 0 Å². The topological polar surface area (TPSA) is 92.8 Å². The van der Waals surface area contributed by atoms with Crippen LogP contribution in [0.3, 0.4) is 0 Å². The molecular formula is C19H15N5O2. The highest BCUT2D eigenvalue weighted by Crippen LogP contribution is 2.27. The first kappa shape index (κ1) is 15.8. The molecule has 0 aliphatic carbocycles. The molecule has 3 aromatic heterocycles. The molecule has 1 aromatic carbocycles. The normalized spacial score (nSPS) is 10.7. The van der Waals surface area contributed by atoms with Crippen LogP contribution in [0.15, 0.2) is 65.8 Å². The lowest BCUT2D eigenvalue weighted by Crippen LogP contribution is -2.09. The summed E-state index contributed by atoms with van der Waals surface area (Å²) >= 11 is 0. The number of nitrogens with one attached hydrogen (secondary N) is 2. The molecule has 3 heterocycles. The number of aromatic nitrogens is 4. The van der Waals surface area contributed by atoms with Crippen molar-refractivity contribution in [3.63, 3.8) is 0 Å². The zero-order chi connectivity index (χ0) is 17.9. The second kappa shape index (κ2) is 6.64. The molecule has 0 radical (unpaired) electrons. The largest absolute Gasteiger partial charge is 0.480 e. The summed E-state index contributed by atoms with van der Waals surface area (Å²) in [5, 5.41) is 4.45. The van der Waals surface area contributed by atoms with Crippen LogP contribution < -0.4 is 15.6 Å². The van der Waals surface area contributed by atoms with Crippen molar-refractivity contribution >= 4 is 22.3 Å². The molecule has 7 heteroatoms. The van der Waals surface area contributed by atoms with Crippen LogP contribution in [0.5, 0.6) is 5.88 Å². The molecule has 26 heavy (non-hydrogen) atoms. The van der Waals surface area contributed by atoms with Crippen LogP contribution in [-0.4, -0.2) is 27.0 Å². The number of hydrogen-bond acceptors (Lipinski definition) is 6. The van der Waals surface area contributed by atoms with E-state index >= 15 is 0 Å². The predicted octanol–water partition coefficient (Wildman–Crippen LogP) is 3.13. The van der Waals surface area contributed by atoms with Gasteiger partial charge in [-0.25, -0.2) is 9.97 Å². The van der Waals surface area contributed by atoms with Crippen LogP contribution in [-0.2, 0) is 0 Å². The lowest BCUT2D eigenvalue weighted by molar-refractivity contribution is 0.396. The van der Waals surface area contributed by atoms with Gasteiger partial charge in [0, 0.05) is 11.9 Å². The lowest BCUT2D eigenvalue weighted by Gasteiger charge is -2.11. The van der Waals surface area contributed by atoms with Crippen LogP contribution >= 0.6 is 0 Å². The summed E-state index contributed by atoms with van der Waals surface area (Å²) in [6.07, 6.45) is 4.74. The minimum absolute atomic E-state index is 0.211. The first-order chi connectivity index (χ1) is 12.7. The highest BCUT2D eigenvalue weighted by molar-refractivity contribution is 5.94.